The van der Waals surface area contributed by atoms with E-state index < -0.39 is 0 Å². The molecule has 1 aliphatic rings. The van der Waals surface area contributed by atoms with E-state index in [4.69, 9.17) is 0 Å². The maximum Gasteiger partial charge on any atom is 0.265 e. The molecule has 7 heteroatoms. The molecule has 1 aliphatic heterocycles. The minimum Gasteiger partial charge on any atom is -0.347 e. The van der Waals surface area contributed by atoms with Gasteiger partial charge in [0.1, 0.15) is 4.88 Å². The topological polar surface area (TPSA) is 72.7 Å². The zero-order valence-corrected chi connectivity index (χ0v) is 12.9. The lowest BCUT2D eigenvalue weighted by molar-refractivity contribution is 0.0953. The van der Waals surface area contributed by atoms with Gasteiger partial charge in [0.2, 0.25) is 0 Å². The SMILES string of the molecule is CCCc1nnsc1C(=O)NCc1cnn2c1CCCC2. The third kappa shape index (κ3) is 2.97. The summed E-state index contributed by atoms with van der Waals surface area (Å²) in [6.07, 6.45) is 7.07. The number of fused-ring (bicyclic) bond motifs is 1. The van der Waals surface area contributed by atoms with Gasteiger partial charge in [0, 0.05) is 24.3 Å². The maximum atomic E-state index is 12.3. The molecule has 2 aromatic rings. The van der Waals surface area contributed by atoms with Crippen molar-refractivity contribution in [2.24, 2.45) is 0 Å². The molecular weight excluding hydrogens is 286 g/mol. The lowest BCUT2D eigenvalue weighted by Crippen LogP contribution is -2.24. The first kappa shape index (κ1) is 14.2. The van der Waals surface area contributed by atoms with Crippen LogP contribution in [0.15, 0.2) is 6.20 Å². The van der Waals surface area contributed by atoms with Crippen molar-refractivity contribution >= 4 is 17.4 Å². The van der Waals surface area contributed by atoms with Gasteiger partial charge in [0.05, 0.1) is 11.9 Å². The number of nitrogens with zero attached hydrogens (tertiary/aromatic N) is 4. The van der Waals surface area contributed by atoms with Crippen molar-refractivity contribution in [2.75, 3.05) is 0 Å². The molecular formula is C14H19N5OS. The first-order valence-electron chi connectivity index (χ1n) is 7.42. The Bertz CT molecular complexity index is 633. The van der Waals surface area contributed by atoms with Gasteiger partial charge in [-0.15, -0.1) is 5.10 Å². The number of rotatable bonds is 5. The largest absolute Gasteiger partial charge is 0.347 e. The third-order valence-corrected chi connectivity index (χ3v) is 4.52. The van der Waals surface area contributed by atoms with Gasteiger partial charge in [-0.3, -0.25) is 9.48 Å². The molecule has 0 bridgehead atoms. The van der Waals surface area contributed by atoms with E-state index in [0.29, 0.717) is 11.4 Å². The van der Waals surface area contributed by atoms with Gasteiger partial charge in [0.15, 0.2) is 0 Å². The van der Waals surface area contributed by atoms with Gasteiger partial charge in [-0.05, 0) is 37.2 Å². The predicted molar refractivity (Wildman–Crippen MR) is 80.2 cm³/mol. The van der Waals surface area contributed by atoms with Crippen LogP contribution in [0.4, 0.5) is 0 Å². The Morgan fingerprint density at radius 3 is 3.24 bits per heavy atom. The Hall–Kier alpha value is -1.76. The lowest BCUT2D eigenvalue weighted by atomic mass is 10.1. The molecule has 0 unspecified atom stereocenters. The number of aromatic nitrogens is 4. The van der Waals surface area contributed by atoms with Crippen molar-refractivity contribution in [3.05, 3.63) is 28.0 Å². The summed E-state index contributed by atoms with van der Waals surface area (Å²) in [5, 5.41) is 11.4. The van der Waals surface area contributed by atoms with Gasteiger partial charge in [-0.2, -0.15) is 5.10 Å². The molecule has 112 valence electrons. The standard InChI is InChI=1S/C14H19N5OS/c1-2-5-11-13(21-18-17-11)14(20)15-8-10-9-16-19-7-4-3-6-12(10)19/h9H,2-8H2,1H3,(H,15,20). The van der Waals surface area contributed by atoms with Gasteiger partial charge in [-0.25, -0.2) is 0 Å². The van der Waals surface area contributed by atoms with E-state index in [1.165, 1.54) is 30.1 Å². The summed E-state index contributed by atoms with van der Waals surface area (Å²) in [5.41, 5.74) is 3.19. The smallest absolute Gasteiger partial charge is 0.265 e. The zero-order valence-electron chi connectivity index (χ0n) is 12.1. The fourth-order valence-corrected chi connectivity index (χ4v) is 3.29. The van der Waals surface area contributed by atoms with Crippen LogP contribution < -0.4 is 5.32 Å². The van der Waals surface area contributed by atoms with Crippen LogP contribution in [0.5, 0.6) is 0 Å². The van der Waals surface area contributed by atoms with Crippen molar-refractivity contribution < 1.29 is 4.79 Å². The number of carbonyl (C=O) groups is 1. The molecule has 0 saturated heterocycles. The Labute approximate surface area is 127 Å². The molecule has 0 fully saturated rings. The quantitative estimate of drug-likeness (QED) is 0.916. The van der Waals surface area contributed by atoms with Crippen LogP contribution in [0.1, 0.15) is 52.8 Å². The summed E-state index contributed by atoms with van der Waals surface area (Å²) in [5.74, 6) is -0.0794. The molecule has 21 heavy (non-hydrogen) atoms. The normalized spacial score (nSPS) is 14.0. The highest BCUT2D eigenvalue weighted by Gasteiger charge is 2.18. The van der Waals surface area contributed by atoms with Crippen LogP contribution >= 0.6 is 11.5 Å². The van der Waals surface area contributed by atoms with Gasteiger partial charge in [-0.1, -0.05) is 17.8 Å². The molecule has 2 aromatic heterocycles. The number of nitrogens with one attached hydrogen (secondary N) is 1. The minimum atomic E-state index is -0.0794. The molecule has 1 N–H and O–H groups in total. The van der Waals surface area contributed by atoms with E-state index in [-0.39, 0.29) is 5.91 Å². The summed E-state index contributed by atoms with van der Waals surface area (Å²) in [7, 11) is 0. The van der Waals surface area contributed by atoms with Crippen LogP contribution in [0.25, 0.3) is 0 Å². The molecule has 3 rings (SSSR count). The molecule has 0 atom stereocenters. The van der Waals surface area contributed by atoms with Crippen LogP contribution in [0.2, 0.25) is 0 Å². The van der Waals surface area contributed by atoms with Gasteiger partial charge >= 0.3 is 0 Å². The van der Waals surface area contributed by atoms with Crippen LogP contribution in [0.3, 0.4) is 0 Å². The second-order valence-corrected chi connectivity index (χ2v) is 6.03. The Balaban J connectivity index is 1.66. The Morgan fingerprint density at radius 2 is 2.38 bits per heavy atom. The first-order chi connectivity index (χ1) is 10.3. The summed E-state index contributed by atoms with van der Waals surface area (Å²) in [6.45, 7) is 3.58. The van der Waals surface area contributed by atoms with E-state index in [9.17, 15) is 4.79 Å². The van der Waals surface area contributed by atoms with Gasteiger partial charge < -0.3 is 5.32 Å². The fraction of sp³-hybridized carbons (Fsp3) is 0.571. The van der Waals surface area contributed by atoms with E-state index in [2.05, 4.69) is 31.6 Å². The lowest BCUT2D eigenvalue weighted by Gasteiger charge is -2.14. The number of carbonyl (C=O) groups excluding carboxylic acids is 1. The average Bonchev–Trinajstić information content (AvgIpc) is 3.12. The molecule has 0 aromatic carbocycles. The number of hydrogen-bond donors (Lipinski definition) is 1. The number of amides is 1. The van der Waals surface area contributed by atoms with Crippen molar-refractivity contribution in [2.45, 2.75) is 52.1 Å². The average molecular weight is 305 g/mol. The molecule has 0 spiro atoms. The monoisotopic (exact) mass is 305 g/mol. The molecule has 3 heterocycles. The third-order valence-electron chi connectivity index (χ3n) is 3.76. The molecule has 0 aliphatic carbocycles. The maximum absolute atomic E-state index is 12.3. The molecule has 0 radical (unpaired) electrons. The highest BCUT2D eigenvalue weighted by atomic mass is 32.1. The van der Waals surface area contributed by atoms with Crippen LogP contribution in [-0.4, -0.2) is 25.3 Å². The highest BCUT2D eigenvalue weighted by molar-refractivity contribution is 7.08. The fourth-order valence-electron chi connectivity index (χ4n) is 2.67. The predicted octanol–water partition coefficient (Wildman–Crippen LogP) is 1.95. The second-order valence-electron chi connectivity index (χ2n) is 5.28. The summed E-state index contributed by atoms with van der Waals surface area (Å²) >= 11 is 1.17. The van der Waals surface area contributed by atoms with Crippen LogP contribution in [-0.2, 0) is 25.9 Å². The van der Waals surface area contributed by atoms with E-state index >= 15 is 0 Å². The Morgan fingerprint density at radius 1 is 1.48 bits per heavy atom. The Kier molecular flexibility index (Phi) is 4.28. The summed E-state index contributed by atoms with van der Waals surface area (Å²) in [6, 6.07) is 0. The summed E-state index contributed by atoms with van der Waals surface area (Å²) in [4.78, 5) is 12.9. The van der Waals surface area contributed by atoms with Gasteiger partial charge in [0.25, 0.3) is 5.91 Å². The van der Waals surface area contributed by atoms with Crippen molar-refractivity contribution in [3.8, 4) is 0 Å². The molecule has 6 nitrogen and oxygen atoms in total. The first-order valence-corrected chi connectivity index (χ1v) is 8.20. The van der Waals surface area contributed by atoms with E-state index in [0.717, 1.165) is 37.1 Å². The highest BCUT2D eigenvalue weighted by Crippen LogP contribution is 2.18. The van der Waals surface area contributed by atoms with Crippen molar-refractivity contribution in [3.63, 3.8) is 0 Å². The van der Waals surface area contributed by atoms with E-state index in [1.807, 2.05) is 6.20 Å². The molecule has 1 amide bonds. The zero-order chi connectivity index (χ0) is 14.7. The van der Waals surface area contributed by atoms with E-state index in [1.54, 1.807) is 0 Å². The van der Waals surface area contributed by atoms with Crippen molar-refractivity contribution in [1.82, 2.24) is 24.7 Å². The van der Waals surface area contributed by atoms with Crippen molar-refractivity contribution in [1.29, 1.82) is 0 Å². The molecule has 0 saturated carbocycles. The van der Waals surface area contributed by atoms with Crippen LogP contribution in [0, 0.1) is 0 Å². The number of hydrogen-bond acceptors (Lipinski definition) is 5. The summed E-state index contributed by atoms with van der Waals surface area (Å²) < 4.78 is 5.95. The second kappa shape index (κ2) is 6.34. The minimum absolute atomic E-state index is 0.0794. The number of aryl methyl sites for hydroxylation is 2.